The van der Waals surface area contributed by atoms with E-state index < -0.39 is 0 Å². The minimum absolute atomic E-state index is 0.354. The molecule has 0 fully saturated rings. The predicted octanol–water partition coefficient (Wildman–Crippen LogP) is 2.20. The van der Waals surface area contributed by atoms with Crippen LogP contribution in [0.1, 0.15) is 19.8 Å². The normalized spacial score (nSPS) is 8.69. The number of azide groups is 1. The number of carbonyl (C=O) groups excluding carboxylic acids is 1. The molecule has 13 heavy (non-hydrogen) atoms. The summed E-state index contributed by atoms with van der Waals surface area (Å²) in [5.74, 6) is -0.371. The fraction of sp³-hybridized carbons (Fsp3) is 0.625. The molecule has 5 nitrogen and oxygen atoms in total. The number of hydrogen-bond acceptors (Lipinski definition) is 3. The van der Waals surface area contributed by atoms with Crippen molar-refractivity contribution in [1.29, 1.82) is 0 Å². The first-order valence-electron chi connectivity index (χ1n) is 4.02. The number of nitrogens with zero attached hydrogens (tertiary/aromatic N) is 3. The third kappa shape index (κ3) is 6.90. The summed E-state index contributed by atoms with van der Waals surface area (Å²) < 4.78 is 4.81. The Morgan fingerprint density at radius 1 is 1.62 bits per heavy atom. The maximum atomic E-state index is 10.8. The Labute approximate surface area is 77.0 Å². The van der Waals surface area contributed by atoms with Crippen LogP contribution in [-0.4, -0.2) is 19.1 Å². The fourth-order valence-corrected chi connectivity index (χ4v) is 0.617. The summed E-state index contributed by atoms with van der Waals surface area (Å²) in [4.78, 5) is 13.4. The van der Waals surface area contributed by atoms with Crippen molar-refractivity contribution in [1.82, 2.24) is 0 Å². The molecule has 0 rings (SSSR count). The van der Waals surface area contributed by atoms with Crippen LogP contribution in [0.5, 0.6) is 0 Å². The van der Waals surface area contributed by atoms with Crippen molar-refractivity contribution in [2.24, 2.45) is 5.11 Å². The zero-order valence-electron chi connectivity index (χ0n) is 7.69. The summed E-state index contributed by atoms with van der Waals surface area (Å²) in [5, 5.41) is 3.35. The molecule has 0 bridgehead atoms. The Morgan fingerprint density at radius 2 is 2.31 bits per heavy atom. The van der Waals surface area contributed by atoms with Crippen molar-refractivity contribution >= 4 is 5.97 Å². The number of ether oxygens (including phenoxy) is 1. The van der Waals surface area contributed by atoms with Crippen LogP contribution in [0.4, 0.5) is 0 Å². The molecule has 0 unspecified atom stereocenters. The monoisotopic (exact) mass is 183 g/mol. The lowest BCUT2D eigenvalue weighted by atomic mass is 10.3. The Morgan fingerprint density at radius 3 is 2.85 bits per heavy atom. The molecule has 0 aliphatic carbocycles. The molecule has 0 aromatic carbocycles. The summed E-state index contributed by atoms with van der Waals surface area (Å²) in [6.07, 6.45) is 1.44. The second-order valence-electron chi connectivity index (χ2n) is 2.58. The van der Waals surface area contributed by atoms with E-state index in [9.17, 15) is 4.79 Å². The van der Waals surface area contributed by atoms with E-state index in [0.29, 0.717) is 25.1 Å². The minimum Gasteiger partial charge on any atom is -0.462 e. The van der Waals surface area contributed by atoms with Crippen molar-refractivity contribution < 1.29 is 9.53 Å². The molecule has 0 spiro atoms. The van der Waals surface area contributed by atoms with Crippen molar-refractivity contribution in [2.75, 3.05) is 13.2 Å². The van der Waals surface area contributed by atoms with Crippen LogP contribution < -0.4 is 0 Å². The smallest absolute Gasteiger partial charge is 0.333 e. The summed E-state index contributed by atoms with van der Waals surface area (Å²) in [6, 6.07) is 0. The Bertz CT molecular complexity index is 232. The predicted molar refractivity (Wildman–Crippen MR) is 49.0 cm³/mol. The number of esters is 1. The molecular weight excluding hydrogens is 170 g/mol. The van der Waals surface area contributed by atoms with Gasteiger partial charge in [-0.3, -0.25) is 0 Å². The van der Waals surface area contributed by atoms with Crippen LogP contribution in [0, 0.1) is 0 Å². The van der Waals surface area contributed by atoms with Crippen LogP contribution in [0.2, 0.25) is 0 Å². The molecule has 0 amide bonds. The van der Waals surface area contributed by atoms with E-state index in [4.69, 9.17) is 10.3 Å². The lowest BCUT2D eigenvalue weighted by Crippen LogP contribution is -2.06. The fourth-order valence-electron chi connectivity index (χ4n) is 0.617. The summed E-state index contributed by atoms with van der Waals surface area (Å²) in [6.45, 7) is 5.84. The van der Waals surface area contributed by atoms with Gasteiger partial charge in [0, 0.05) is 17.0 Å². The standard InChI is InChI=1S/C8H13N3O2/c1-7(2)8(12)13-6-4-3-5-10-11-9/h1,3-6H2,2H3. The van der Waals surface area contributed by atoms with Gasteiger partial charge in [-0.25, -0.2) is 4.79 Å². The van der Waals surface area contributed by atoms with Gasteiger partial charge in [0.05, 0.1) is 6.61 Å². The molecule has 0 aliphatic heterocycles. The molecule has 0 heterocycles. The lowest BCUT2D eigenvalue weighted by molar-refractivity contribution is -0.139. The van der Waals surface area contributed by atoms with E-state index in [-0.39, 0.29) is 5.97 Å². The van der Waals surface area contributed by atoms with Crippen LogP contribution in [0.3, 0.4) is 0 Å². The molecule has 0 aliphatic rings. The van der Waals surface area contributed by atoms with Crippen molar-refractivity contribution in [3.8, 4) is 0 Å². The van der Waals surface area contributed by atoms with Gasteiger partial charge in [0.2, 0.25) is 0 Å². The van der Waals surface area contributed by atoms with Crippen molar-refractivity contribution in [3.05, 3.63) is 22.6 Å². The van der Waals surface area contributed by atoms with Crippen LogP contribution >= 0.6 is 0 Å². The van der Waals surface area contributed by atoms with E-state index in [0.717, 1.165) is 6.42 Å². The van der Waals surface area contributed by atoms with Crippen LogP contribution in [0.15, 0.2) is 17.3 Å². The highest BCUT2D eigenvalue weighted by Crippen LogP contribution is 1.96. The topological polar surface area (TPSA) is 75.1 Å². The van der Waals surface area contributed by atoms with Crippen LogP contribution in [0.25, 0.3) is 10.4 Å². The van der Waals surface area contributed by atoms with E-state index in [2.05, 4.69) is 16.6 Å². The van der Waals surface area contributed by atoms with Crippen molar-refractivity contribution in [3.63, 3.8) is 0 Å². The molecule has 0 aromatic heterocycles. The second kappa shape index (κ2) is 7.18. The molecule has 0 atom stereocenters. The first-order chi connectivity index (χ1) is 6.18. The lowest BCUT2D eigenvalue weighted by Gasteiger charge is -2.02. The SMILES string of the molecule is C=C(C)C(=O)OCCCCN=[N+]=[N-]. The number of hydrogen-bond donors (Lipinski definition) is 0. The quantitative estimate of drug-likeness (QED) is 0.158. The van der Waals surface area contributed by atoms with Gasteiger partial charge in [-0.1, -0.05) is 11.7 Å². The van der Waals surface area contributed by atoms with E-state index in [1.54, 1.807) is 6.92 Å². The maximum Gasteiger partial charge on any atom is 0.333 e. The van der Waals surface area contributed by atoms with Gasteiger partial charge in [0.1, 0.15) is 0 Å². The minimum atomic E-state index is -0.371. The third-order valence-electron chi connectivity index (χ3n) is 1.30. The summed E-state index contributed by atoms with van der Waals surface area (Å²) >= 11 is 0. The first kappa shape index (κ1) is 11.5. The molecule has 0 aromatic rings. The average molecular weight is 183 g/mol. The largest absolute Gasteiger partial charge is 0.462 e. The number of rotatable bonds is 6. The number of carbonyl (C=O) groups is 1. The van der Waals surface area contributed by atoms with Gasteiger partial charge in [-0.2, -0.15) is 0 Å². The third-order valence-corrected chi connectivity index (χ3v) is 1.30. The van der Waals surface area contributed by atoms with Crippen molar-refractivity contribution in [2.45, 2.75) is 19.8 Å². The Balaban J connectivity index is 3.30. The van der Waals surface area contributed by atoms with Gasteiger partial charge in [0.25, 0.3) is 0 Å². The van der Waals surface area contributed by atoms with Gasteiger partial charge in [-0.15, -0.1) is 0 Å². The zero-order valence-corrected chi connectivity index (χ0v) is 7.69. The summed E-state index contributed by atoms with van der Waals surface area (Å²) in [5.41, 5.74) is 8.34. The molecular formula is C8H13N3O2. The highest BCUT2D eigenvalue weighted by atomic mass is 16.5. The Kier molecular flexibility index (Phi) is 6.37. The average Bonchev–Trinajstić information content (AvgIpc) is 2.10. The molecule has 0 saturated carbocycles. The molecule has 0 radical (unpaired) electrons. The molecule has 0 N–H and O–H groups in total. The Hall–Kier alpha value is -1.48. The molecule has 72 valence electrons. The van der Waals surface area contributed by atoms with Gasteiger partial charge < -0.3 is 4.74 Å². The van der Waals surface area contributed by atoms with Gasteiger partial charge >= 0.3 is 5.97 Å². The highest BCUT2D eigenvalue weighted by Gasteiger charge is 2.00. The van der Waals surface area contributed by atoms with Gasteiger partial charge in [-0.05, 0) is 25.3 Å². The van der Waals surface area contributed by atoms with Gasteiger partial charge in [0.15, 0.2) is 0 Å². The second-order valence-corrected chi connectivity index (χ2v) is 2.58. The number of unbranched alkanes of at least 4 members (excludes halogenated alkanes) is 1. The van der Waals surface area contributed by atoms with E-state index >= 15 is 0 Å². The van der Waals surface area contributed by atoms with E-state index in [1.165, 1.54) is 0 Å². The molecule has 0 saturated heterocycles. The first-order valence-corrected chi connectivity index (χ1v) is 4.02. The highest BCUT2D eigenvalue weighted by molar-refractivity contribution is 5.86. The summed E-state index contributed by atoms with van der Waals surface area (Å²) in [7, 11) is 0. The van der Waals surface area contributed by atoms with E-state index in [1.807, 2.05) is 0 Å². The maximum absolute atomic E-state index is 10.8. The molecule has 5 heteroatoms. The zero-order chi connectivity index (χ0) is 10.1. The van der Waals surface area contributed by atoms with Crippen LogP contribution in [-0.2, 0) is 9.53 Å².